The lowest BCUT2D eigenvalue weighted by molar-refractivity contribution is 0.777. The van der Waals surface area contributed by atoms with Gasteiger partial charge in [-0.05, 0) is 6.07 Å². The first-order chi connectivity index (χ1) is 4.88. The second-order valence-electron chi connectivity index (χ2n) is 2.17. The maximum atomic E-state index is 10.9. The van der Waals surface area contributed by atoms with E-state index in [2.05, 4.69) is 4.99 Å². The van der Waals surface area contributed by atoms with Crippen LogP contribution in [0, 0.1) is 5.21 Å². The predicted molar refractivity (Wildman–Crippen MR) is 36.7 cm³/mol. The fourth-order valence-corrected chi connectivity index (χ4v) is 1.03. The summed E-state index contributed by atoms with van der Waals surface area (Å²) in [5.74, 6) is 0. The van der Waals surface area contributed by atoms with E-state index in [1.807, 2.05) is 18.2 Å². The van der Waals surface area contributed by atoms with E-state index in [-0.39, 0.29) is 6.67 Å². The lowest BCUT2D eigenvalue weighted by Gasteiger charge is -1.91. The molecule has 0 aromatic heterocycles. The van der Waals surface area contributed by atoms with Crippen LogP contribution in [0.5, 0.6) is 0 Å². The zero-order chi connectivity index (χ0) is 6.97. The van der Waals surface area contributed by atoms with Gasteiger partial charge in [0, 0.05) is 6.07 Å². The molecule has 0 N–H and O–H groups in total. The van der Waals surface area contributed by atoms with Crippen molar-refractivity contribution < 1.29 is 0 Å². The molecule has 1 heterocycles. The van der Waals surface area contributed by atoms with E-state index in [0.29, 0.717) is 5.36 Å². The molecule has 1 aromatic rings. The Morgan fingerprint density at radius 3 is 3.00 bits per heavy atom. The van der Waals surface area contributed by atoms with Gasteiger partial charge in [-0.15, -0.1) is 0 Å². The topological polar surface area (TPSA) is 38.4 Å². The fraction of sp³-hybridized carbons (Fsp3) is 0.143. The van der Waals surface area contributed by atoms with E-state index in [1.165, 1.54) is 0 Å². The first-order valence-corrected chi connectivity index (χ1v) is 3.09. The van der Waals surface area contributed by atoms with Crippen molar-refractivity contribution in [3.8, 4) is 0 Å². The minimum Gasteiger partial charge on any atom is -0.622 e. The van der Waals surface area contributed by atoms with Gasteiger partial charge < -0.3 is 5.21 Å². The maximum absolute atomic E-state index is 10.9. The second kappa shape index (κ2) is 1.80. The second-order valence-corrected chi connectivity index (χ2v) is 2.17. The normalized spacial score (nSPS) is 14.6. The summed E-state index contributed by atoms with van der Waals surface area (Å²) < 4.78 is 0.884. The van der Waals surface area contributed by atoms with Gasteiger partial charge in [-0.25, -0.2) is 4.99 Å². The summed E-state index contributed by atoms with van der Waals surface area (Å²) in [4.78, 5) is 3.99. The van der Waals surface area contributed by atoms with E-state index in [4.69, 9.17) is 0 Å². The molecule has 0 unspecified atom stereocenters. The zero-order valence-electron chi connectivity index (χ0n) is 5.32. The highest BCUT2D eigenvalue weighted by molar-refractivity contribution is 5.03. The van der Waals surface area contributed by atoms with Crippen LogP contribution in [0.25, 0.3) is 0 Å². The molecule has 0 aliphatic carbocycles. The summed E-state index contributed by atoms with van der Waals surface area (Å²) in [5, 5.41) is 12.4. The molecular weight excluding hydrogens is 128 g/mol. The SMILES string of the molecule is [O-][N+]1=c2ccccc2=NC1. The Balaban J connectivity index is 2.96. The first kappa shape index (κ1) is 5.41. The Morgan fingerprint density at radius 2 is 2.20 bits per heavy atom. The van der Waals surface area contributed by atoms with Gasteiger partial charge in [-0.1, -0.05) is 12.1 Å². The lowest BCUT2D eigenvalue weighted by Crippen LogP contribution is -2.29. The van der Waals surface area contributed by atoms with Crippen LogP contribution < -0.4 is 15.5 Å². The van der Waals surface area contributed by atoms with Gasteiger partial charge in [0.05, 0.1) is 0 Å². The van der Waals surface area contributed by atoms with Crippen molar-refractivity contribution in [3.63, 3.8) is 0 Å². The number of nitrogens with zero attached hydrogens (tertiary/aromatic N) is 2. The first-order valence-electron chi connectivity index (χ1n) is 3.09. The van der Waals surface area contributed by atoms with Gasteiger partial charge in [0.1, 0.15) is 5.36 Å². The molecule has 0 amide bonds. The number of para-hydroxylation sites is 2. The molecule has 0 bridgehead atoms. The van der Waals surface area contributed by atoms with Crippen LogP contribution in [0.2, 0.25) is 0 Å². The van der Waals surface area contributed by atoms with Crippen molar-refractivity contribution >= 4 is 0 Å². The minimum absolute atomic E-state index is 0.249. The van der Waals surface area contributed by atoms with E-state index < -0.39 is 0 Å². The van der Waals surface area contributed by atoms with Gasteiger partial charge in [0.2, 0.25) is 12.0 Å². The Hall–Kier alpha value is -1.38. The molecule has 10 heavy (non-hydrogen) atoms. The lowest BCUT2D eigenvalue weighted by atomic mass is 10.3. The summed E-state index contributed by atoms with van der Waals surface area (Å²) in [6.45, 7) is 0.249. The van der Waals surface area contributed by atoms with Crippen molar-refractivity contribution in [2.75, 3.05) is 6.67 Å². The van der Waals surface area contributed by atoms with Crippen molar-refractivity contribution in [2.24, 2.45) is 4.99 Å². The largest absolute Gasteiger partial charge is 0.622 e. The predicted octanol–water partition coefficient (Wildman–Crippen LogP) is -0.734. The summed E-state index contributed by atoms with van der Waals surface area (Å²) in [7, 11) is 0. The molecule has 1 aliphatic rings. The average Bonchev–Trinajstić information content (AvgIpc) is 2.34. The molecule has 0 spiro atoms. The number of hydrogen-bond donors (Lipinski definition) is 0. The van der Waals surface area contributed by atoms with Crippen LogP contribution in [0.1, 0.15) is 0 Å². The molecule has 1 aromatic carbocycles. The van der Waals surface area contributed by atoms with E-state index in [1.54, 1.807) is 6.07 Å². The Labute approximate surface area is 57.5 Å². The molecule has 3 heteroatoms. The standard InChI is InChI=1S/C7H6N2O/c10-9-5-8-6-3-1-2-4-7(6)9/h1-4H,5H2. The third kappa shape index (κ3) is 0.603. The van der Waals surface area contributed by atoms with Gasteiger partial charge in [0.25, 0.3) is 0 Å². The number of hydroxylamine groups is 1. The molecule has 1 aliphatic heterocycles. The third-order valence-corrected chi connectivity index (χ3v) is 1.52. The number of benzene rings is 1. The molecule has 0 saturated heterocycles. The van der Waals surface area contributed by atoms with Crippen molar-refractivity contribution in [1.29, 1.82) is 0 Å². The van der Waals surface area contributed by atoms with Gasteiger partial charge in [0.15, 0.2) is 0 Å². The average molecular weight is 134 g/mol. The summed E-state index contributed by atoms with van der Waals surface area (Å²) in [6.07, 6.45) is 0. The van der Waals surface area contributed by atoms with Crippen LogP contribution >= 0.6 is 0 Å². The molecular formula is C7H6N2O. The Kier molecular flexibility index (Phi) is 0.974. The quantitative estimate of drug-likeness (QED) is 0.340. The smallest absolute Gasteiger partial charge is 0.247 e. The minimum atomic E-state index is 0.249. The van der Waals surface area contributed by atoms with Crippen LogP contribution in [-0.2, 0) is 0 Å². The van der Waals surface area contributed by atoms with Gasteiger partial charge in [-0.3, -0.25) is 0 Å². The molecule has 0 atom stereocenters. The molecule has 3 nitrogen and oxygen atoms in total. The summed E-state index contributed by atoms with van der Waals surface area (Å²) >= 11 is 0. The van der Waals surface area contributed by atoms with E-state index in [9.17, 15) is 5.21 Å². The molecule has 0 fully saturated rings. The van der Waals surface area contributed by atoms with Gasteiger partial charge >= 0.3 is 0 Å². The van der Waals surface area contributed by atoms with Crippen LogP contribution in [0.15, 0.2) is 29.3 Å². The van der Waals surface area contributed by atoms with Gasteiger partial charge in [-0.2, -0.15) is 4.74 Å². The van der Waals surface area contributed by atoms with E-state index in [0.717, 1.165) is 10.1 Å². The Morgan fingerprint density at radius 1 is 1.40 bits per heavy atom. The summed E-state index contributed by atoms with van der Waals surface area (Å²) in [6, 6.07) is 7.33. The van der Waals surface area contributed by atoms with Crippen molar-refractivity contribution in [3.05, 3.63) is 40.2 Å². The summed E-state index contributed by atoms with van der Waals surface area (Å²) in [5.41, 5.74) is 0. The number of hydrogen-bond acceptors (Lipinski definition) is 2. The highest BCUT2D eigenvalue weighted by Gasteiger charge is 2.03. The third-order valence-electron chi connectivity index (χ3n) is 1.52. The fourth-order valence-electron chi connectivity index (χ4n) is 1.03. The zero-order valence-corrected chi connectivity index (χ0v) is 5.32. The molecule has 0 saturated carbocycles. The molecule has 50 valence electrons. The highest BCUT2D eigenvalue weighted by Crippen LogP contribution is 1.76. The highest BCUT2D eigenvalue weighted by atomic mass is 16.5. The molecule has 0 radical (unpaired) electrons. The molecule has 2 rings (SSSR count). The Bertz CT molecular complexity index is 369. The van der Waals surface area contributed by atoms with E-state index >= 15 is 0 Å². The van der Waals surface area contributed by atoms with Crippen molar-refractivity contribution in [1.82, 2.24) is 4.74 Å². The monoisotopic (exact) mass is 134 g/mol. The number of fused-ring (bicyclic) bond motifs is 1. The number of rotatable bonds is 0. The maximum Gasteiger partial charge on any atom is 0.247 e. The van der Waals surface area contributed by atoms with Crippen LogP contribution in [0.3, 0.4) is 0 Å². The van der Waals surface area contributed by atoms with Crippen LogP contribution in [-0.4, -0.2) is 6.67 Å². The van der Waals surface area contributed by atoms with Crippen LogP contribution in [0.4, 0.5) is 0 Å². The van der Waals surface area contributed by atoms with Crippen molar-refractivity contribution in [2.45, 2.75) is 0 Å².